The number of quaternary nitrogens is 1. The number of anilines is 1. The average molecular weight is 378 g/mol. The lowest BCUT2D eigenvalue weighted by atomic mass is 10.1. The molecule has 0 aliphatic heterocycles. The van der Waals surface area contributed by atoms with Crippen LogP contribution in [0.15, 0.2) is 36.4 Å². The summed E-state index contributed by atoms with van der Waals surface area (Å²) >= 11 is 5.88. The summed E-state index contributed by atoms with van der Waals surface area (Å²) in [4.78, 5) is 13.6. The van der Waals surface area contributed by atoms with Crippen LogP contribution in [0.25, 0.3) is 0 Å². The molecule has 1 amide bonds. The molecule has 2 N–H and O–H groups in total. The van der Waals surface area contributed by atoms with Gasteiger partial charge in [-0.1, -0.05) is 11.6 Å². The number of amides is 1. The van der Waals surface area contributed by atoms with Gasteiger partial charge in [0.2, 0.25) is 0 Å². The summed E-state index contributed by atoms with van der Waals surface area (Å²) in [5, 5.41) is 3.57. The number of rotatable bonds is 7. The summed E-state index contributed by atoms with van der Waals surface area (Å²) in [5.74, 6) is 1.36. The van der Waals surface area contributed by atoms with Crippen LogP contribution in [0, 0.1) is 6.92 Å². The number of likely N-dealkylation sites (N-methyl/N-ethyl adjacent to an activating group) is 1. The van der Waals surface area contributed by atoms with Gasteiger partial charge in [0.25, 0.3) is 5.91 Å². The summed E-state index contributed by atoms with van der Waals surface area (Å²) in [5.41, 5.74) is 2.96. The number of carbonyl (C=O) groups excluding carboxylic acids is 1. The highest BCUT2D eigenvalue weighted by molar-refractivity contribution is 6.30. The van der Waals surface area contributed by atoms with Crippen LogP contribution in [0.3, 0.4) is 0 Å². The number of hydrogen-bond acceptors (Lipinski definition) is 3. The third-order valence-electron chi connectivity index (χ3n) is 4.56. The molecule has 2 aromatic rings. The van der Waals surface area contributed by atoms with Crippen molar-refractivity contribution in [2.45, 2.75) is 26.4 Å². The second kappa shape index (κ2) is 8.92. The lowest BCUT2D eigenvalue weighted by Crippen LogP contribution is -3.12. The van der Waals surface area contributed by atoms with E-state index in [1.54, 1.807) is 38.5 Å². The molecule has 0 spiro atoms. The minimum absolute atomic E-state index is 0.0389. The maximum atomic E-state index is 12.5. The van der Waals surface area contributed by atoms with E-state index < -0.39 is 0 Å². The molecular formula is C20H26ClN2O3+. The largest absolute Gasteiger partial charge is 0.493 e. The van der Waals surface area contributed by atoms with Crippen LogP contribution in [0.2, 0.25) is 5.02 Å². The third-order valence-corrected chi connectivity index (χ3v) is 4.81. The zero-order valence-corrected chi connectivity index (χ0v) is 16.6. The number of hydrogen-bond donors (Lipinski definition) is 2. The summed E-state index contributed by atoms with van der Waals surface area (Å²) in [6, 6.07) is 10.8. The van der Waals surface area contributed by atoms with Gasteiger partial charge >= 0.3 is 0 Å². The highest BCUT2D eigenvalue weighted by Gasteiger charge is 2.23. The summed E-state index contributed by atoms with van der Waals surface area (Å²) in [7, 11) is 5.25. The minimum Gasteiger partial charge on any atom is -0.493 e. The maximum Gasteiger partial charge on any atom is 0.282 e. The van der Waals surface area contributed by atoms with E-state index in [2.05, 4.69) is 5.32 Å². The SMILES string of the molecule is COc1cc(C)c(C[NH+](C)[C@@H](C)C(=O)Nc2ccc(Cl)cc2)cc1OC. The predicted octanol–water partition coefficient (Wildman–Crippen LogP) is 2.71. The monoisotopic (exact) mass is 377 g/mol. The van der Waals surface area contributed by atoms with Gasteiger partial charge < -0.3 is 19.7 Å². The normalized spacial score (nSPS) is 13.0. The van der Waals surface area contributed by atoms with Crippen molar-refractivity contribution in [1.29, 1.82) is 0 Å². The topological polar surface area (TPSA) is 52.0 Å². The molecule has 0 saturated heterocycles. The van der Waals surface area contributed by atoms with Crippen molar-refractivity contribution >= 4 is 23.2 Å². The number of halogens is 1. The van der Waals surface area contributed by atoms with Crippen molar-refractivity contribution < 1.29 is 19.2 Å². The lowest BCUT2D eigenvalue weighted by molar-refractivity contribution is -0.907. The predicted molar refractivity (Wildman–Crippen MR) is 104 cm³/mol. The Labute approximate surface area is 159 Å². The molecule has 1 unspecified atom stereocenters. The zero-order valence-electron chi connectivity index (χ0n) is 15.9. The molecule has 26 heavy (non-hydrogen) atoms. The minimum atomic E-state index is -0.224. The van der Waals surface area contributed by atoms with E-state index in [0.29, 0.717) is 23.1 Å². The fraction of sp³-hybridized carbons (Fsp3) is 0.350. The van der Waals surface area contributed by atoms with E-state index >= 15 is 0 Å². The van der Waals surface area contributed by atoms with Crippen molar-refractivity contribution in [3.8, 4) is 11.5 Å². The van der Waals surface area contributed by atoms with Crippen LogP contribution >= 0.6 is 11.6 Å². The van der Waals surface area contributed by atoms with Gasteiger partial charge in [0.05, 0.1) is 21.3 Å². The second-order valence-corrected chi connectivity index (χ2v) is 6.81. The first kappa shape index (κ1) is 20.1. The fourth-order valence-electron chi connectivity index (χ4n) is 2.67. The van der Waals surface area contributed by atoms with Gasteiger partial charge in [-0.15, -0.1) is 0 Å². The molecular weight excluding hydrogens is 352 g/mol. The highest BCUT2D eigenvalue weighted by atomic mass is 35.5. The average Bonchev–Trinajstić information content (AvgIpc) is 2.63. The Hall–Kier alpha value is -2.24. The van der Waals surface area contributed by atoms with Gasteiger partial charge in [0, 0.05) is 16.3 Å². The van der Waals surface area contributed by atoms with Crippen molar-refractivity contribution in [2.24, 2.45) is 0 Å². The molecule has 0 aromatic heterocycles. The Kier molecular flexibility index (Phi) is 6.89. The van der Waals surface area contributed by atoms with Crippen molar-refractivity contribution in [3.05, 3.63) is 52.5 Å². The summed E-state index contributed by atoms with van der Waals surface area (Å²) in [6.07, 6.45) is 0. The van der Waals surface area contributed by atoms with Crippen LogP contribution in [-0.4, -0.2) is 33.2 Å². The molecule has 2 atom stereocenters. The standard InChI is InChI=1S/C20H25ClN2O3/c1-13-10-18(25-4)19(26-5)11-15(13)12-23(3)14(2)20(24)22-17-8-6-16(21)7-9-17/h6-11,14H,12H2,1-5H3,(H,22,24)/p+1/t14-/m0/s1. The van der Waals surface area contributed by atoms with E-state index in [9.17, 15) is 4.79 Å². The summed E-state index contributed by atoms with van der Waals surface area (Å²) in [6.45, 7) is 4.64. The van der Waals surface area contributed by atoms with Crippen LogP contribution in [-0.2, 0) is 11.3 Å². The van der Waals surface area contributed by atoms with E-state index in [0.717, 1.165) is 21.7 Å². The molecule has 0 saturated carbocycles. The van der Waals surface area contributed by atoms with Crippen molar-refractivity contribution in [3.63, 3.8) is 0 Å². The van der Waals surface area contributed by atoms with E-state index in [4.69, 9.17) is 21.1 Å². The molecule has 0 fully saturated rings. The van der Waals surface area contributed by atoms with Gasteiger partial charge in [0.15, 0.2) is 17.5 Å². The number of ether oxygens (including phenoxy) is 2. The number of methoxy groups -OCH3 is 2. The second-order valence-electron chi connectivity index (χ2n) is 6.37. The molecule has 6 heteroatoms. The Bertz CT molecular complexity index is 762. The molecule has 0 heterocycles. The Morgan fingerprint density at radius 1 is 1.15 bits per heavy atom. The van der Waals surface area contributed by atoms with Gasteiger partial charge in [0.1, 0.15) is 6.54 Å². The molecule has 0 bridgehead atoms. The smallest absolute Gasteiger partial charge is 0.282 e. The van der Waals surface area contributed by atoms with Crippen LogP contribution < -0.4 is 19.7 Å². The zero-order chi connectivity index (χ0) is 19.3. The van der Waals surface area contributed by atoms with E-state index in [1.807, 2.05) is 33.0 Å². The third kappa shape index (κ3) is 4.90. The molecule has 140 valence electrons. The molecule has 2 aromatic carbocycles. The van der Waals surface area contributed by atoms with Crippen LogP contribution in [0.4, 0.5) is 5.69 Å². The maximum absolute atomic E-state index is 12.5. The quantitative estimate of drug-likeness (QED) is 0.780. The first-order valence-electron chi connectivity index (χ1n) is 8.46. The van der Waals surface area contributed by atoms with Crippen LogP contribution in [0.1, 0.15) is 18.1 Å². The Morgan fingerprint density at radius 2 is 1.73 bits per heavy atom. The van der Waals surface area contributed by atoms with E-state index in [-0.39, 0.29) is 11.9 Å². The molecule has 0 aliphatic carbocycles. The summed E-state index contributed by atoms with van der Waals surface area (Å²) < 4.78 is 10.7. The lowest BCUT2D eigenvalue weighted by Gasteiger charge is -2.22. The number of carbonyl (C=O) groups is 1. The van der Waals surface area contributed by atoms with E-state index in [1.165, 1.54) is 0 Å². The van der Waals surface area contributed by atoms with Gasteiger partial charge in [-0.3, -0.25) is 4.79 Å². The van der Waals surface area contributed by atoms with Gasteiger partial charge in [-0.25, -0.2) is 0 Å². The Balaban J connectivity index is 2.07. The highest BCUT2D eigenvalue weighted by Crippen LogP contribution is 2.29. The molecule has 2 rings (SSSR count). The number of aryl methyl sites for hydroxylation is 1. The van der Waals surface area contributed by atoms with Crippen molar-refractivity contribution in [2.75, 3.05) is 26.6 Å². The first-order chi connectivity index (χ1) is 12.3. The van der Waals surface area contributed by atoms with Crippen LogP contribution in [0.5, 0.6) is 11.5 Å². The molecule has 0 radical (unpaired) electrons. The Morgan fingerprint density at radius 3 is 2.31 bits per heavy atom. The fourth-order valence-corrected chi connectivity index (χ4v) is 2.80. The van der Waals surface area contributed by atoms with Gasteiger partial charge in [-0.05, 0) is 55.8 Å². The van der Waals surface area contributed by atoms with Crippen molar-refractivity contribution in [1.82, 2.24) is 0 Å². The number of nitrogens with one attached hydrogen (secondary N) is 2. The van der Waals surface area contributed by atoms with Gasteiger partial charge in [-0.2, -0.15) is 0 Å². The first-order valence-corrected chi connectivity index (χ1v) is 8.83. The molecule has 5 nitrogen and oxygen atoms in total. The number of benzene rings is 2. The molecule has 0 aliphatic rings.